The third-order valence-electron chi connectivity index (χ3n) is 4.30. The van der Waals surface area contributed by atoms with Crippen LogP contribution in [0.15, 0.2) is 54.6 Å². The van der Waals surface area contributed by atoms with Crippen LogP contribution < -0.4 is 0 Å². The molecular weight excluding hydrogens is 322 g/mol. The minimum absolute atomic E-state index is 0.296. The molecule has 0 bridgehead atoms. The molecule has 0 spiro atoms. The van der Waals surface area contributed by atoms with Crippen molar-refractivity contribution in [1.29, 1.82) is 5.26 Å². The lowest BCUT2D eigenvalue weighted by molar-refractivity contribution is 0.0101. The molecule has 2 aromatic rings. The van der Waals surface area contributed by atoms with E-state index in [4.69, 9.17) is 17.7 Å². The number of halogens is 1. The van der Waals surface area contributed by atoms with Gasteiger partial charge in [0.2, 0.25) is 0 Å². The molecule has 0 heterocycles. The summed E-state index contributed by atoms with van der Waals surface area (Å²) in [6, 6.07) is 17.8. The Kier molecular flexibility index (Phi) is 4.60. The smallest absolute Gasteiger partial charge is 0.170 e. The zero-order chi connectivity index (χ0) is 18.0. The summed E-state index contributed by atoms with van der Waals surface area (Å²) < 4.78 is 14.6. The molecule has 0 aliphatic heterocycles. The van der Waals surface area contributed by atoms with Crippen LogP contribution in [0.3, 0.4) is 0 Å². The zero-order valence-corrected chi connectivity index (χ0v) is 14.0. The first-order chi connectivity index (χ1) is 12.0. The molecule has 0 radical (unpaired) electrons. The van der Waals surface area contributed by atoms with Crippen LogP contribution >= 0.6 is 11.6 Å². The number of ketones is 1. The zero-order valence-electron chi connectivity index (χ0n) is 14.3. The average Bonchev–Trinajstić information content (AvgIpc) is 2.66. The second-order valence-electron chi connectivity index (χ2n) is 5.64. The topological polar surface area (TPSA) is 50.1 Å². The van der Waals surface area contributed by atoms with E-state index in [1.807, 2.05) is 19.1 Å². The van der Waals surface area contributed by atoms with E-state index in [-0.39, 0.29) is 5.78 Å². The van der Waals surface area contributed by atoms with E-state index in [1.54, 1.807) is 42.5 Å². The van der Waals surface area contributed by atoms with Crippen molar-refractivity contribution >= 4 is 17.4 Å². The van der Waals surface area contributed by atoms with Gasteiger partial charge in [0.15, 0.2) is 5.78 Å². The van der Waals surface area contributed by atoms with Gasteiger partial charge in [-0.25, -0.2) is 0 Å². The number of alkyl halides is 1. The van der Waals surface area contributed by atoms with Crippen molar-refractivity contribution in [2.24, 2.45) is 5.92 Å². The Balaban J connectivity index is 2.19. The number of hydrogen-bond donors (Lipinski definition) is 0. The fourth-order valence-corrected chi connectivity index (χ4v) is 3.63. The van der Waals surface area contributed by atoms with Crippen molar-refractivity contribution in [3.05, 3.63) is 71.3 Å². The maximum atomic E-state index is 13.2. The molecular formula is C20H18ClNO2. The lowest BCUT2D eigenvalue weighted by Gasteiger charge is -2.38. The molecule has 4 atom stereocenters. The molecule has 4 unspecified atom stereocenters. The molecule has 4 heteroatoms. The van der Waals surface area contributed by atoms with Gasteiger partial charge >= 0.3 is 0 Å². The number of carbonyl (C=O) groups is 1. The number of Topliss-reactive ketones (excluding diaryl/α,β-unsaturated/α-hetero) is 1. The highest BCUT2D eigenvalue weighted by molar-refractivity contribution is 6.22. The van der Waals surface area contributed by atoms with E-state index in [1.165, 1.54) is 0 Å². The SMILES string of the molecule is [2H]C1(C#N)c2ccccc2C(Cl)C(OCC)C1C(=O)c1ccccc1. The standard InChI is InChI=1S/C20H18ClNO2/c1-2-24-20-17(19(23)13-8-4-3-5-9-13)16(12-22)14-10-6-7-11-15(14)18(20)21/h3-11,16-18,20H,2H2,1H3/i16D. The van der Waals surface area contributed by atoms with E-state index >= 15 is 0 Å². The first kappa shape index (κ1) is 15.4. The van der Waals surface area contributed by atoms with Gasteiger partial charge in [0.05, 0.1) is 30.7 Å². The molecule has 1 aliphatic rings. The molecule has 122 valence electrons. The lowest BCUT2D eigenvalue weighted by Crippen LogP contribution is -2.42. The van der Waals surface area contributed by atoms with Gasteiger partial charge in [0.1, 0.15) is 0 Å². The van der Waals surface area contributed by atoms with Crippen molar-refractivity contribution < 1.29 is 10.9 Å². The monoisotopic (exact) mass is 340 g/mol. The number of benzene rings is 2. The summed E-state index contributed by atoms with van der Waals surface area (Å²) in [6.45, 7) is 2.16. The Morgan fingerprint density at radius 2 is 1.83 bits per heavy atom. The molecule has 0 saturated heterocycles. The van der Waals surface area contributed by atoms with Gasteiger partial charge in [0.25, 0.3) is 0 Å². The Morgan fingerprint density at radius 3 is 2.46 bits per heavy atom. The molecule has 3 rings (SSSR count). The summed E-state index contributed by atoms with van der Waals surface area (Å²) in [5.41, 5.74) is 1.60. The largest absolute Gasteiger partial charge is 0.376 e. The maximum Gasteiger partial charge on any atom is 0.170 e. The van der Waals surface area contributed by atoms with Gasteiger partial charge in [-0.05, 0) is 18.1 Å². The Labute approximate surface area is 148 Å². The van der Waals surface area contributed by atoms with E-state index in [9.17, 15) is 10.1 Å². The summed E-state index contributed by atoms with van der Waals surface area (Å²) in [5.74, 6) is -3.05. The van der Waals surface area contributed by atoms with Gasteiger partial charge in [-0.3, -0.25) is 4.79 Å². The third-order valence-corrected chi connectivity index (χ3v) is 4.78. The van der Waals surface area contributed by atoms with Crippen LogP contribution in [0, 0.1) is 17.2 Å². The van der Waals surface area contributed by atoms with Crippen LogP contribution in [-0.2, 0) is 4.74 Å². The van der Waals surface area contributed by atoms with E-state index in [2.05, 4.69) is 6.07 Å². The third kappa shape index (κ3) is 2.84. The molecule has 0 aromatic heterocycles. The Hall–Kier alpha value is -2.15. The highest BCUT2D eigenvalue weighted by Gasteiger charge is 2.46. The molecule has 0 N–H and O–H groups in total. The van der Waals surface area contributed by atoms with Crippen LogP contribution in [-0.4, -0.2) is 18.5 Å². The van der Waals surface area contributed by atoms with Crippen molar-refractivity contribution in [2.75, 3.05) is 6.61 Å². The lowest BCUT2D eigenvalue weighted by atomic mass is 9.70. The summed E-state index contributed by atoms with van der Waals surface area (Å²) in [5, 5.41) is 9.25. The maximum absolute atomic E-state index is 13.2. The van der Waals surface area contributed by atoms with Gasteiger partial charge in [-0.1, -0.05) is 54.6 Å². The first-order valence-electron chi connectivity index (χ1n) is 8.40. The average molecular weight is 341 g/mol. The van der Waals surface area contributed by atoms with Crippen LogP contribution in [0.4, 0.5) is 0 Å². The van der Waals surface area contributed by atoms with Gasteiger partial charge in [0, 0.05) is 12.2 Å². The van der Waals surface area contributed by atoms with E-state index in [0.29, 0.717) is 23.3 Å². The van der Waals surface area contributed by atoms with Crippen LogP contribution in [0.5, 0.6) is 0 Å². The number of nitrogens with zero attached hydrogens (tertiary/aromatic N) is 1. The fraction of sp³-hybridized carbons (Fsp3) is 0.300. The number of fused-ring (bicyclic) bond motifs is 1. The molecule has 0 fully saturated rings. The number of ether oxygens (including phenoxy) is 1. The minimum Gasteiger partial charge on any atom is -0.376 e. The van der Waals surface area contributed by atoms with E-state index < -0.39 is 23.3 Å². The molecule has 24 heavy (non-hydrogen) atoms. The summed E-state index contributed by atoms with van der Waals surface area (Å²) in [6.07, 6.45) is -0.744. The van der Waals surface area contributed by atoms with Crippen molar-refractivity contribution in [2.45, 2.75) is 24.3 Å². The van der Waals surface area contributed by atoms with Crippen LogP contribution in [0.25, 0.3) is 0 Å². The molecule has 0 saturated carbocycles. The predicted molar refractivity (Wildman–Crippen MR) is 93.1 cm³/mol. The summed E-state index contributed by atoms with van der Waals surface area (Å²) >= 11 is 6.63. The molecule has 2 aromatic carbocycles. The van der Waals surface area contributed by atoms with E-state index in [0.717, 1.165) is 0 Å². The Bertz CT molecular complexity index is 820. The first-order valence-corrected chi connectivity index (χ1v) is 8.33. The van der Waals surface area contributed by atoms with Crippen LogP contribution in [0.2, 0.25) is 0 Å². The van der Waals surface area contributed by atoms with Crippen molar-refractivity contribution in [3.8, 4) is 6.07 Å². The predicted octanol–water partition coefficient (Wildman–Crippen LogP) is 4.49. The number of nitriles is 1. The summed E-state index contributed by atoms with van der Waals surface area (Å²) in [7, 11) is 0. The quantitative estimate of drug-likeness (QED) is 0.608. The molecule has 3 nitrogen and oxygen atoms in total. The van der Waals surface area contributed by atoms with Crippen molar-refractivity contribution in [1.82, 2.24) is 0 Å². The van der Waals surface area contributed by atoms with Gasteiger partial charge < -0.3 is 4.74 Å². The second kappa shape index (κ2) is 7.17. The molecule has 0 amide bonds. The Morgan fingerprint density at radius 1 is 1.21 bits per heavy atom. The minimum atomic E-state index is -1.76. The number of rotatable bonds is 4. The highest BCUT2D eigenvalue weighted by Crippen LogP contribution is 2.46. The fourth-order valence-electron chi connectivity index (χ4n) is 3.23. The van der Waals surface area contributed by atoms with Crippen LogP contribution in [0.1, 0.15) is 41.1 Å². The number of hydrogen-bond acceptors (Lipinski definition) is 3. The molecule has 1 aliphatic carbocycles. The van der Waals surface area contributed by atoms with Gasteiger partial charge in [-0.15, -0.1) is 11.6 Å². The second-order valence-corrected chi connectivity index (χ2v) is 6.11. The summed E-state index contributed by atoms with van der Waals surface area (Å²) in [4.78, 5) is 13.2. The van der Waals surface area contributed by atoms with Crippen molar-refractivity contribution in [3.63, 3.8) is 0 Å². The van der Waals surface area contributed by atoms with Gasteiger partial charge in [-0.2, -0.15) is 5.26 Å². The normalized spacial score (nSPS) is 29.2. The highest BCUT2D eigenvalue weighted by atomic mass is 35.5. The number of carbonyl (C=O) groups excluding carboxylic acids is 1.